The molecular weight excluding hydrogens is 278 g/mol. The first-order valence-electron chi connectivity index (χ1n) is 6.73. The van der Waals surface area contributed by atoms with Crippen molar-refractivity contribution in [2.75, 3.05) is 0 Å². The van der Waals surface area contributed by atoms with Gasteiger partial charge in [-0.05, 0) is 18.2 Å². The molecule has 4 aromatic rings. The molecule has 0 saturated heterocycles. The van der Waals surface area contributed by atoms with Crippen LogP contribution in [-0.2, 0) is 7.05 Å². The van der Waals surface area contributed by atoms with Gasteiger partial charge in [-0.2, -0.15) is 0 Å². The van der Waals surface area contributed by atoms with Crippen molar-refractivity contribution < 1.29 is 0 Å². The molecule has 0 aliphatic carbocycles. The van der Waals surface area contributed by atoms with Gasteiger partial charge in [-0.1, -0.05) is 18.2 Å². The monoisotopic (exact) mass is 291 g/mol. The van der Waals surface area contributed by atoms with E-state index in [9.17, 15) is 0 Å². The Labute approximate surface area is 126 Å². The number of fused-ring (bicyclic) bond motifs is 1. The van der Waals surface area contributed by atoms with Crippen LogP contribution in [0.1, 0.15) is 0 Å². The molecule has 3 heterocycles. The summed E-state index contributed by atoms with van der Waals surface area (Å²) in [6, 6.07) is 12.4. The average molecular weight is 291 g/mol. The standard InChI is InChI=1S/C17H13N3S/c1-20-10-14(13-6-2-3-7-16(13)20)15-11-21-17(19-15)12-5-4-8-18-9-12/h2-11H,1H3. The third-order valence-electron chi connectivity index (χ3n) is 3.59. The Hall–Kier alpha value is -2.46. The molecule has 0 atom stereocenters. The summed E-state index contributed by atoms with van der Waals surface area (Å²) in [5.41, 5.74) is 4.49. The first kappa shape index (κ1) is 12.3. The number of pyridine rings is 1. The molecule has 0 radical (unpaired) electrons. The van der Waals surface area contributed by atoms with Crippen molar-refractivity contribution in [2.24, 2.45) is 7.05 Å². The van der Waals surface area contributed by atoms with Gasteiger partial charge in [0.05, 0.1) is 5.69 Å². The predicted octanol–water partition coefficient (Wildman–Crippen LogP) is 4.36. The molecule has 4 heteroatoms. The van der Waals surface area contributed by atoms with E-state index in [2.05, 4.69) is 52.4 Å². The zero-order valence-electron chi connectivity index (χ0n) is 11.5. The summed E-state index contributed by atoms with van der Waals surface area (Å²) in [5.74, 6) is 0. The number of benzene rings is 1. The SMILES string of the molecule is Cn1cc(-c2csc(-c3cccnc3)n2)c2ccccc21. The highest BCUT2D eigenvalue weighted by atomic mass is 32.1. The van der Waals surface area contributed by atoms with Crippen molar-refractivity contribution >= 4 is 22.2 Å². The van der Waals surface area contributed by atoms with Gasteiger partial charge in [-0.25, -0.2) is 4.98 Å². The molecule has 0 bridgehead atoms. The van der Waals surface area contributed by atoms with E-state index in [4.69, 9.17) is 4.98 Å². The quantitative estimate of drug-likeness (QED) is 0.549. The lowest BCUT2D eigenvalue weighted by Crippen LogP contribution is -1.82. The van der Waals surface area contributed by atoms with Crippen LogP contribution < -0.4 is 0 Å². The number of aromatic nitrogens is 3. The van der Waals surface area contributed by atoms with Gasteiger partial charge in [0.25, 0.3) is 0 Å². The lowest BCUT2D eigenvalue weighted by molar-refractivity contribution is 0.970. The van der Waals surface area contributed by atoms with Crippen molar-refractivity contribution in [3.05, 3.63) is 60.4 Å². The third kappa shape index (κ3) is 2.04. The largest absolute Gasteiger partial charge is 0.350 e. The highest BCUT2D eigenvalue weighted by molar-refractivity contribution is 7.13. The molecule has 0 saturated carbocycles. The van der Waals surface area contributed by atoms with E-state index in [-0.39, 0.29) is 0 Å². The second-order valence-corrected chi connectivity index (χ2v) is 5.81. The highest BCUT2D eigenvalue weighted by Gasteiger charge is 2.12. The number of para-hydroxylation sites is 1. The summed E-state index contributed by atoms with van der Waals surface area (Å²) in [6.07, 6.45) is 5.78. The summed E-state index contributed by atoms with van der Waals surface area (Å²) < 4.78 is 2.15. The molecule has 0 unspecified atom stereocenters. The fourth-order valence-electron chi connectivity index (χ4n) is 2.57. The van der Waals surface area contributed by atoms with E-state index in [0.717, 1.165) is 16.3 Å². The van der Waals surface area contributed by atoms with Crippen LogP contribution in [0.3, 0.4) is 0 Å². The number of thiazole rings is 1. The van der Waals surface area contributed by atoms with Crippen LogP contribution in [-0.4, -0.2) is 14.5 Å². The van der Waals surface area contributed by atoms with Crippen LogP contribution >= 0.6 is 11.3 Å². The van der Waals surface area contributed by atoms with E-state index in [1.165, 1.54) is 16.5 Å². The first-order chi connectivity index (χ1) is 10.3. The molecule has 0 aliphatic heterocycles. The molecule has 0 spiro atoms. The van der Waals surface area contributed by atoms with Crippen molar-refractivity contribution in [3.63, 3.8) is 0 Å². The van der Waals surface area contributed by atoms with Gasteiger partial charge in [0.2, 0.25) is 0 Å². The Bertz CT molecular complexity index is 906. The molecule has 4 rings (SSSR count). The van der Waals surface area contributed by atoms with Gasteiger partial charge < -0.3 is 4.57 Å². The Balaban J connectivity index is 1.85. The van der Waals surface area contributed by atoms with Gasteiger partial charge in [-0.3, -0.25) is 4.98 Å². The summed E-state index contributed by atoms with van der Waals surface area (Å²) in [4.78, 5) is 8.94. The highest BCUT2D eigenvalue weighted by Crippen LogP contribution is 2.33. The fourth-order valence-corrected chi connectivity index (χ4v) is 3.38. The number of rotatable bonds is 2. The molecule has 3 nitrogen and oxygen atoms in total. The molecule has 0 aliphatic rings. The predicted molar refractivity (Wildman–Crippen MR) is 87.3 cm³/mol. The number of nitrogens with zero attached hydrogens (tertiary/aromatic N) is 3. The lowest BCUT2D eigenvalue weighted by atomic mass is 10.1. The molecule has 1 aromatic carbocycles. The zero-order chi connectivity index (χ0) is 14.2. The maximum atomic E-state index is 4.78. The van der Waals surface area contributed by atoms with Crippen LogP contribution in [0.15, 0.2) is 60.4 Å². The van der Waals surface area contributed by atoms with Gasteiger partial charge in [0.1, 0.15) is 5.01 Å². The summed E-state index contributed by atoms with van der Waals surface area (Å²) in [7, 11) is 2.07. The Kier molecular flexibility index (Phi) is 2.82. The van der Waals surface area contributed by atoms with Gasteiger partial charge >= 0.3 is 0 Å². The minimum absolute atomic E-state index is 1.01. The number of hydrogen-bond donors (Lipinski definition) is 0. The summed E-state index contributed by atoms with van der Waals surface area (Å²) in [6.45, 7) is 0. The second kappa shape index (κ2) is 4.82. The van der Waals surface area contributed by atoms with Crippen molar-refractivity contribution in [1.82, 2.24) is 14.5 Å². The van der Waals surface area contributed by atoms with E-state index >= 15 is 0 Å². The average Bonchev–Trinajstić information content (AvgIpc) is 3.14. The Morgan fingerprint density at radius 1 is 1.10 bits per heavy atom. The van der Waals surface area contributed by atoms with E-state index < -0.39 is 0 Å². The zero-order valence-corrected chi connectivity index (χ0v) is 12.3. The van der Waals surface area contributed by atoms with Crippen LogP contribution in [0.5, 0.6) is 0 Å². The van der Waals surface area contributed by atoms with E-state index in [0.29, 0.717) is 0 Å². The fraction of sp³-hybridized carbons (Fsp3) is 0.0588. The van der Waals surface area contributed by atoms with Gasteiger partial charge in [0, 0.05) is 53.0 Å². The smallest absolute Gasteiger partial charge is 0.125 e. The maximum absolute atomic E-state index is 4.78. The molecule has 21 heavy (non-hydrogen) atoms. The van der Waals surface area contributed by atoms with Gasteiger partial charge in [-0.15, -0.1) is 11.3 Å². The van der Waals surface area contributed by atoms with Crippen LogP contribution in [0, 0.1) is 0 Å². The van der Waals surface area contributed by atoms with Crippen LogP contribution in [0.2, 0.25) is 0 Å². The van der Waals surface area contributed by atoms with Crippen LogP contribution in [0.4, 0.5) is 0 Å². The van der Waals surface area contributed by atoms with E-state index in [1.807, 2.05) is 18.3 Å². The minimum atomic E-state index is 1.01. The minimum Gasteiger partial charge on any atom is -0.350 e. The maximum Gasteiger partial charge on any atom is 0.125 e. The molecular formula is C17H13N3S. The number of aryl methyl sites for hydroxylation is 1. The van der Waals surface area contributed by atoms with Crippen LogP contribution in [0.25, 0.3) is 32.7 Å². The number of hydrogen-bond acceptors (Lipinski definition) is 3. The Morgan fingerprint density at radius 2 is 2.00 bits per heavy atom. The van der Waals surface area contributed by atoms with E-state index in [1.54, 1.807) is 17.5 Å². The van der Waals surface area contributed by atoms with Crippen molar-refractivity contribution in [1.29, 1.82) is 0 Å². The molecule has 0 amide bonds. The molecule has 102 valence electrons. The summed E-state index contributed by atoms with van der Waals surface area (Å²) in [5, 5.41) is 4.36. The topological polar surface area (TPSA) is 30.7 Å². The normalized spacial score (nSPS) is 11.1. The third-order valence-corrected chi connectivity index (χ3v) is 4.48. The van der Waals surface area contributed by atoms with Crippen molar-refractivity contribution in [2.45, 2.75) is 0 Å². The first-order valence-corrected chi connectivity index (χ1v) is 7.61. The summed E-state index contributed by atoms with van der Waals surface area (Å²) >= 11 is 1.65. The molecule has 0 fully saturated rings. The van der Waals surface area contributed by atoms with Gasteiger partial charge in [0.15, 0.2) is 0 Å². The molecule has 3 aromatic heterocycles. The molecule has 0 N–H and O–H groups in total. The van der Waals surface area contributed by atoms with Crippen molar-refractivity contribution in [3.8, 4) is 21.8 Å². The Morgan fingerprint density at radius 3 is 2.86 bits per heavy atom. The lowest BCUT2D eigenvalue weighted by Gasteiger charge is -1.95. The second-order valence-electron chi connectivity index (χ2n) is 4.95.